The number of aromatic nitrogens is 3. The molecule has 2 rings (SSSR count). The van der Waals surface area contributed by atoms with Crippen molar-refractivity contribution in [1.29, 1.82) is 0 Å². The van der Waals surface area contributed by atoms with Crippen molar-refractivity contribution in [2.45, 2.75) is 40.2 Å². The maximum absolute atomic E-state index is 4.48. The lowest BCUT2D eigenvalue weighted by atomic mass is 10.2. The van der Waals surface area contributed by atoms with Crippen LogP contribution in [0.15, 0.2) is 12.1 Å². The van der Waals surface area contributed by atoms with Crippen LogP contribution in [0.2, 0.25) is 0 Å². The molecule has 1 atom stereocenters. The molecule has 0 bridgehead atoms. The maximum atomic E-state index is 4.48. The second kappa shape index (κ2) is 6.21. The monoisotopic (exact) mass is 276 g/mol. The van der Waals surface area contributed by atoms with Crippen molar-refractivity contribution in [3.63, 3.8) is 0 Å². The minimum atomic E-state index is 0.255. The second-order valence-electron chi connectivity index (χ2n) is 4.71. The molecule has 1 N–H and O–H groups in total. The van der Waals surface area contributed by atoms with E-state index in [1.807, 2.05) is 19.9 Å². The molecule has 2 aromatic heterocycles. The highest BCUT2D eigenvalue weighted by Crippen LogP contribution is 2.28. The Bertz CT molecular complexity index is 550. The van der Waals surface area contributed by atoms with Gasteiger partial charge in [-0.05, 0) is 45.9 Å². The molecule has 0 fully saturated rings. The molecular formula is C14H20N4S. The topological polar surface area (TPSA) is 50.7 Å². The van der Waals surface area contributed by atoms with Crippen molar-refractivity contribution in [2.24, 2.45) is 0 Å². The molecule has 2 aromatic rings. The van der Waals surface area contributed by atoms with Crippen molar-refractivity contribution in [1.82, 2.24) is 20.5 Å². The summed E-state index contributed by atoms with van der Waals surface area (Å²) in [5.74, 6) is 0. The van der Waals surface area contributed by atoms with Gasteiger partial charge >= 0.3 is 0 Å². The van der Waals surface area contributed by atoms with Crippen molar-refractivity contribution < 1.29 is 0 Å². The Balaban J connectivity index is 2.20. The van der Waals surface area contributed by atoms with E-state index in [0.717, 1.165) is 39.9 Å². The summed E-state index contributed by atoms with van der Waals surface area (Å²) in [6.45, 7) is 9.30. The number of aryl methyl sites for hydroxylation is 2. The van der Waals surface area contributed by atoms with Crippen LogP contribution in [-0.4, -0.2) is 21.7 Å². The number of nitrogens with zero attached hydrogens (tertiary/aromatic N) is 3. The number of nitrogens with one attached hydrogen (secondary N) is 1. The fourth-order valence-corrected chi connectivity index (χ4v) is 2.83. The Kier molecular flexibility index (Phi) is 4.61. The van der Waals surface area contributed by atoms with Gasteiger partial charge < -0.3 is 5.32 Å². The second-order valence-corrected chi connectivity index (χ2v) is 5.72. The van der Waals surface area contributed by atoms with E-state index in [1.54, 1.807) is 11.3 Å². The molecule has 2 heterocycles. The molecule has 102 valence electrons. The summed E-state index contributed by atoms with van der Waals surface area (Å²) in [6, 6.07) is 4.35. The summed E-state index contributed by atoms with van der Waals surface area (Å²) in [5.41, 5.74) is 3.12. The Labute approximate surface area is 118 Å². The van der Waals surface area contributed by atoms with Crippen LogP contribution in [0.3, 0.4) is 0 Å². The highest BCUT2D eigenvalue weighted by atomic mass is 32.1. The lowest BCUT2D eigenvalue weighted by Gasteiger charge is -2.08. The zero-order valence-electron chi connectivity index (χ0n) is 11.9. The van der Waals surface area contributed by atoms with Gasteiger partial charge in [0.2, 0.25) is 0 Å². The molecule has 5 heteroatoms. The van der Waals surface area contributed by atoms with Gasteiger partial charge in [-0.1, -0.05) is 18.3 Å². The summed E-state index contributed by atoms with van der Waals surface area (Å²) >= 11 is 1.64. The summed E-state index contributed by atoms with van der Waals surface area (Å²) in [7, 11) is 0. The average Bonchev–Trinajstić information content (AvgIpc) is 2.85. The Morgan fingerprint density at radius 3 is 2.74 bits per heavy atom. The van der Waals surface area contributed by atoms with E-state index in [-0.39, 0.29) is 6.04 Å². The van der Waals surface area contributed by atoms with Crippen molar-refractivity contribution >= 4 is 11.3 Å². The van der Waals surface area contributed by atoms with Gasteiger partial charge in [-0.2, -0.15) is 0 Å². The summed E-state index contributed by atoms with van der Waals surface area (Å²) in [4.78, 5) is 4.48. The van der Waals surface area contributed by atoms with E-state index in [2.05, 4.69) is 40.4 Å². The van der Waals surface area contributed by atoms with Crippen molar-refractivity contribution in [2.75, 3.05) is 6.54 Å². The lowest BCUT2D eigenvalue weighted by Crippen LogP contribution is -2.18. The lowest BCUT2D eigenvalue weighted by molar-refractivity contribution is 0.564. The molecule has 0 aliphatic heterocycles. The fraction of sp³-hybridized carbons (Fsp3) is 0.500. The van der Waals surface area contributed by atoms with Gasteiger partial charge in [0.1, 0.15) is 10.0 Å². The molecule has 4 nitrogen and oxygen atoms in total. The summed E-state index contributed by atoms with van der Waals surface area (Å²) in [6.07, 6.45) is 1.12. The first kappa shape index (κ1) is 14.1. The molecule has 0 radical (unpaired) electrons. The Hall–Kier alpha value is -1.33. The van der Waals surface area contributed by atoms with E-state index in [0.29, 0.717) is 0 Å². The normalized spacial score (nSPS) is 12.6. The molecule has 0 saturated carbocycles. The van der Waals surface area contributed by atoms with E-state index in [4.69, 9.17) is 0 Å². The van der Waals surface area contributed by atoms with Gasteiger partial charge in [0.25, 0.3) is 0 Å². The maximum Gasteiger partial charge on any atom is 0.149 e. The van der Waals surface area contributed by atoms with Crippen LogP contribution in [0.4, 0.5) is 0 Å². The van der Waals surface area contributed by atoms with E-state index in [9.17, 15) is 0 Å². The smallest absolute Gasteiger partial charge is 0.149 e. The van der Waals surface area contributed by atoms with E-state index < -0.39 is 0 Å². The Morgan fingerprint density at radius 2 is 2.05 bits per heavy atom. The molecule has 0 amide bonds. The standard InChI is InChI=1S/C14H20N4S/c1-5-8-15-11(4)13-17-18-14(19-13)12-7-6-9(2)16-10(12)3/h6-7,11,15H,5,8H2,1-4H3. The molecule has 0 aliphatic carbocycles. The third-order valence-corrected chi connectivity index (χ3v) is 4.11. The van der Waals surface area contributed by atoms with Crippen LogP contribution in [0.1, 0.15) is 42.7 Å². The van der Waals surface area contributed by atoms with E-state index in [1.165, 1.54) is 0 Å². The fourth-order valence-electron chi connectivity index (χ4n) is 1.88. The quantitative estimate of drug-likeness (QED) is 0.910. The van der Waals surface area contributed by atoms with Crippen molar-refractivity contribution in [3.8, 4) is 10.6 Å². The molecule has 19 heavy (non-hydrogen) atoms. The predicted molar refractivity (Wildman–Crippen MR) is 79.3 cm³/mol. The SMILES string of the molecule is CCCNC(C)c1nnc(-c2ccc(C)nc2C)s1. The summed E-state index contributed by atoms with van der Waals surface area (Å²) in [5, 5.41) is 14.0. The number of hydrogen-bond donors (Lipinski definition) is 1. The third-order valence-electron chi connectivity index (χ3n) is 2.97. The number of rotatable bonds is 5. The largest absolute Gasteiger partial charge is 0.308 e. The van der Waals surface area contributed by atoms with Gasteiger partial charge in [0, 0.05) is 17.0 Å². The van der Waals surface area contributed by atoms with Crippen LogP contribution in [-0.2, 0) is 0 Å². The van der Waals surface area contributed by atoms with Gasteiger partial charge in [0.15, 0.2) is 0 Å². The van der Waals surface area contributed by atoms with Crippen LogP contribution in [0, 0.1) is 13.8 Å². The molecule has 0 spiro atoms. The number of pyridine rings is 1. The molecule has 0 saturated heterocycles. The first-order valence-corrected chi connectivity index (χ1v) is 7.45. The van der Waals surface area contributed by atoms with Gasteiger partial charge in [-0.25, -0.2) is 0 Å². The molecular weight excluding hydrogens is 256 g/mol. The molecule has 1 unspecified atom stereocenters. The van der Waals surface area contributed by atoms with Crippen LogP contribution in [0.25, 0.3) is 10.6 Å². The van der Waals surface area contributed by atoms with Crippen LogP contribution in [0.5, 0.6) is 0 Å². The van der Waals surface area contributed by atoms with Crippen LogP contribution >= 0.6 is 11.3 Å². The first-order chi connectivity index (χ1) is 9.11. The van der Waals surface area contributed by atoms with E-state index >= 15 is 0 Å². The van der Waals surface area contributed by atoms with Crippen molar-refractivity contribution in [3.05, 3.63) is 28.5 Å². The average molecular weight is 276 g/mol. The highest BCUT2D eigenvalue weighted by Gasteiger charge is 2.14. The minimum Gasteiger partial charge on any atom is -0.308 e. The third kappa shape index (κ3) is 3.36. The first-order valence-electron chi connectivity index (χ1n) is 6.63. The van der Waals surface area contributed by atoms with Crippen LogP contribution < -0.4 is 5.32 Å². The number of hydrogen-bond acceptors (Lipinski definition) is 5. The predicted octanol–water partition coefficient (Wildman–Crippen LogP) is 3.28. The molecule has 0 aliphatic rings. The zero-order chi connectivity index (χ0) is 13.8. The van der Waals surface area contributed by atoms with Gasteiger partial charge in [-0.15, -0.1) is 10.2 Å². The highest BCUT2D eigenvalue weighted by molar-refractivity contribution is 7.14. The summed E-state index contributed by atoms with van der Waals surface area (Å²) < 4.78 is 0. The van der Waals surface area contributed by atoms with Gasteiger partial charge in [0.05, 0.1) is 6.04 Å². The van der Waals surface area contributed by atoms with Gasteiger partial charge in [-0.3, -0.25) is 4.98 Å². The Morgan fingerprint density at radius 1 is 1.26 bits per heavy atom. The minimum absolute atomic E-state index is 0.255. The molecule has 0 aromatic carbocycles. The zero-order valence-corrected chi connectivity index (χ0v) is 12.7.